The second-order valence-corrected chi connectivity index (χ2v) is 8.08. The molecule has 1 aromatic heterocycles. The minimum Gasteiger partial charge on any atom is -0.383 e. The van der Waals surface area contributed by atoms with Crippen LogP contribution >= 0.6 is 0 Å². The van der Waals surface area contributed by atoms with Gasteiger partial charge in [0.05, 0.1) is 31.1 Å². The van der Waals surface area contributed by atoms with E-state index in [0.29, 0.717) is 25.1 Å². The first-order valence-corrected chi connectivity index (χ1v) is 9.71. The average Bonchev–Trinajstić information content (AvgIpc) is 3.33. The van der Waals surface area contributed by atoms with Crippen molar-refractivity contribution < 1.29 is 14.3 Å². The van der Waals surface area contributed by atoms with Crippen LogP contribution in [-0.4, -0.2) is 53.5 Å². The molecule has 1 spiro atoms. The maximum Gasteiger partial charge on any atom is 0.272 e. The molecule has 1 amide bonds. The molecule has 0 radical (unpaired) electrons. The number of hydrogen-bond donors (Lipinski definition) is 0. The van der Waals surface area contributed by atoms with Crippen LogP contribution in [0.1, 0.15) is 61.0 Å². The van der Waals surface area contributed by atoms with Gasteiger partial charge in [0.15, 0.2) is 0 Å². The van der Waals surface area contributed by atoms with E-state index < -0.39 is 0 Å². The summed E-state index contributed by atoms with van der Waals surface area (Å²) in [5.74, 6) is 0.106. The predicted molar refractivity (Wildman–Crippen MR) is 98.1 cm³/mol. The van der Waals surface area contributed by atoms with Gasteiger partial charge in [-0.15, -0.1) is 0 Å². The Hall–Kier alpha value is -1.66. The van der Waals surface area contributed by atoms with Crippen LogP contribution in [0.15, 0.2) is 12.2 Å². The third kappa shape index (κ3) is 3.21. The summed E-state index contributed by atoms with van der Waals surface area (Å²) in [5.41, 5.74) is 3.04. The molecule has 1 saturated carbocycles. The van der Waals surface area contributed by atoms with E-state index in [2.05, 4.69) is 19.1 Å². The van der Waals surface area contributed by atoms with Gasteiger partial charge in [-0.05, 0) is 38.5 Å². The fraction of sp³-hybridized carbons (Fsp3) is 0.700. The highest BCUT2D eigenvalue weighted by molar-refractivity contribution is 5.94. The van der Waals surface area contributed by atoms with Crippen LogP contribution in [-0.2, 0) is 22.4 Å². The van der Waals surface area contributed by atoms with Crippen LogP contribution in [0.3, 0.4) is 0 Å². The molecular weight excluding hydrogens is 330 g/mol. The lowest BCUT2D eigenvalue weighted by Gasteiger charge is -2.27. The highest BCUT2D eigenvalue weighted by atomic mass is 16.5. The lowest BCUT2D eigenvalue weighted by Crippen LogP contribution is -2.37. The topological polar surface area (TPSA) is 56.6 Å². The van der Waals surface area contributed by atoms with Crippen molar-refractivity contribution in [3.05, 3.63) is 29.1 Å². The molecule has 3 aliphatic rings. The van der Waals surface area contributed by atoms with Gasteiger partial charge in [0.1, 0.15) is 5.69 Å². The normalized spacial score (nSPS) is 26.7. The fourth-order valence-corrected chi connectivity index (χ4v) is 4.29. The molecule has 0 bridgehead atoms. The van der Waals surface area contributed by atoms with Gasteiger partial charge in [-0.3, -0.25) is 9.48 Å². The third-order valence-electron chi connectivity index (χ3n) is 5.92. The predicted octanol–water partition coefficient (Wildman–Crippen LogP) is 2.73. The van der Waals surface area contributed by atoms with E-state index >= 15 is 0 Å². The van der Waals surface area contributed by atoms with E-state index in [-0.39, 0.29) is 18.1 Å². The maximum absolute atomic E-state index is 13.5. The van der Waals surface area contributed by atoms with Crippen molar-refractivity contribution in [2.24, 2.45) is 5.41 Å². The Kier molecular flexibility index (Phi) is 4.65. The second kappa shape index (κ2) is 6.82. The summed E-state index contributed by atoms with van der Waals surface area (Å²) in [6.45, 7) is 6.74. The van der Waals surface area contributed by atoms with Gasteiger partial charge in [0.25, 0.3) is 5.91 Å². The summed E-state index contributed by atoms with van der Waals surface area (Å²) in [6.07, 6.45) is 8.69. The van der Waals surface area contributed by atoms with Gasteiger partial charge in [0, 0.05) is 32.2 Å². The fourth-order valence-electron chi connectivity index (χ4n) is 4.29. The molecule has 6 nitrogen and oxygen atoms in total. The molecule has 1 fully saturated rings. The minimum absolute atomic E-state index is 0.0806. The van der Waals surface area contributed by atoms with Gasteiger partial charge in [-0.1, -0.05) is 12.2 Å². The number of amides is 1. The number of fused-ring (bicyclic) bond motifs is 1. The zero-order valence-corrected chi connectivity index (χ0v) is 16.0. The first-order chi connectivity index (χ1) is 12.5. The highest BCUT2D eigenvalue weighted by Crippen LogP contribution is 2.50. The standard InChI is InChI=1S/C20H29N3O3/c1-14-12-16-17(15(2)26-14)21-23(10-11-25-3)18(16)19(24)22-9-5-4-6-20(13-22)7-8-20/h4-5,14-15H,6-13H2,1-3H3/t14-,15+/m0/s1. The molecule has 3 heterocycles. The van der Waals surface area contributed by atoms with Gasteiger partial charge >= 0.3 is 0 Å². The maximum atomic E-state index is 13.5. The van der Waals surface area contributed by atoms with E-state index in [4.69, 9.17) is 14.6 Å². The lowest BCUT2D eigenvalue weighted by molar-refractivity contribution is -0.00720. The van der Waals surface area contributed by atoms with Crippen LogP contribution in [0.4, 0.5) is 0 Å². The number of aromatic nitrogens is 2. The van der Waals surface area contributed by atoms with Crippen LogP contribution in [0.25, 0.3) is 0 Å². The Bertz CT molecular complexity index is 720. The van der Waals surface area contributed by atoms with E-state index in [1.165, 1.54) is 12.8 Å². The summed E-state index contributed by atoms with van der Waals surface area (Å²) in [5, 5.41) is 4.74. The summed E-state index contributed by atoms with van der Waals surface area (Å²) in [6, 6.07) is 0. The Morgan fingerprint density at radius 1 is 1.38 bits per heavy atom. The number of rotatable bonds is 4. The molecule has 2 aliphatic heterocycles. The largest absolute Gasteiger partial charge is 0.383 e. The molecule has 4 rings (SSSR count). The molecule has 1 aliphatic carbocycles. The van der Waals surface area contributed by atoms with E-state index in [1.54, 1.807) is 7.11 Å². The molecule has 0 N–H and O–H groups in total. The Labute approximate surface area is 155 Å². The summed E-state index contributed by atoms with van der Waals surface area (Å²) in [7, 11) is 1.68. The molecular formula is C20H29N3O3. The number of carbonyl (C=O) groups excluding carboxylic acids is 1. The summed E-state index contributed by atoms with van der Waals surface area (Å²) < 4.78 is 13.0. The molecule has 142 valence electrons. The number of methoxy groups -OCH3 is 1. The molecule has 2 atom stereocenters. The third-order valence-corrected chi connectivity index (χ3v) is 5.92. The monoisotopic (exact) mass is 359 g/mol. The Morgan fingerprint density at radius 3 is 2.92 bits per heavy atom. The van der Waals surface area contributed by atoms with Crippen LogP contribution in [0.2, 0.25) is 0 Å². The minimum atomic E-state index is -0.0806. The number of hydrogen-bond acceptors (Lipinski definition) is 4. The molecule has 1 aromatic rings. The number of ether oxygens (including phenoxy) is 2. The van der Waals surface area contributed by atoms with Gasteiger partial charge < -0.3 is 14.4 Å². The Morgan fingerprint density at radius 2 is 2.19 bits per heavy atom. The number of allylic oxidation sites excluding steroid dienone is 1. The zero-order chi connectivity index (χ0) is 18.3. The molecule has 6 heteroatoms. The van der Waals surface area contributed by atoms with Crippen LogP contribution < -0.4 is 0 Å². The average molecular weight is 359 g/mol. The number of carbonyl (C=O) groups is 1. The first kappa shape index (κ1) is 17.7. The van der Waals surface area contributed by atoms with Gasteiger partial charge in [-0.2, -0.15) is 5.10 Å². The van der Waals surface area contributed by atoms with Gasteiger partial charge in [-0.25, -0.2) is 0 Å². The SMILES string of the molecule is COCCn1nc2c(c1C(=O)N1CC=CCC3(CC3)C1)C[C@H](C)O[C@@H]2C. The van der Waals surface area contributed by atoms with Crippen molar-refractivity contribution >= 4 is 5.91 Å². The highest BCUT2D eigenvalue weighted by Gasteiger charge is 2.45. The van der Waals surface area contributed by atoms with Crippen LogP contribution in [0.5, 0.6) is 0 Å². The van der Waals surface area contributed by atoms with Gasteiger partial charge in [0.2, 0.25) is 0 Å². The Balaban J connectivity index is 1.69. The van der Waals surface area contributed by atoms with E-state index in [1.807, 2.05) is 16.5 Å². The first-order valence-electron chi connectivity index (χ1n) is 9.71. The number of nitrogens with zero attached hydrogens (tertiary/aromatic N) is 3. The van der Waals surface area contributed by atoms with E-state index in [0.717, 1.165) is 36.3 Å². The van der Waals surface area contributed by atoms with Crippen LogP contribution in [0, 0.1) is 5.41 Å². The van der Waals surface area contributed by atoms with Crippen molar-refractivity contribution in [1.82, 2.24) is 14.7 Å². The lowest BCUT2D eigenvalue weighted by atomic mass is 9.98. The van der Waals surface area contributed by atoms with E-state index in [9.17, 15) is 4.79 Å². The smallest absolute Gasteiger partial charge is 0.272 e. The van der Waals surface area contributed by atoms with Crippen molar-refractivity contribution in [3.8, 4) is 0 Å². The van der Waals surface area contributed by atoms with Crippen molar-refractivity contribution in [1.29, 1.82) is 0 Å². The molecule has 0 unspecified atom stereocenters. The van der Waals surface area contributed by atoms with Crippen molar-refractivity contribution in [3.63, 3.8) is 0 Å². The van der Waals surface area contributed by atoms with Crippen molar-refractivity contribution in [2.75, 3.05) is 26.8 Å². The molecule has 26 heavy (non-hydrogen) atoms. The zero-order valence-electron chi connectivity index (χ0n) is 16.0. The summed E-state index contributed by atoms with van der Waals surface area (Å²) >= 11 is 0. The summed E-state index contributed by atoms with van der Waals surface area (Å²) in [4.78, 5) is 15.6. The van der Waals surface area contributed by atoms with Crippen molar-refractivity contribution in [2.45, 2.75) is 58.3 Å². The second-order valence-electron chi connectivity index (χ2n) is 8.08. The quantitative estimate of drug-likeness (QED) is 0.776. The molecule has 0 saturated heterocycles. The molecule has 0 aromatic carbocycles.